The van der Waals surface area contributed by atoms with Gasteiger partial charge in [0.05, 0.1) is 0 Å². The summed E-state index contributed by atoms with van der Waals surface area (Å²) in [6.07, 6.45) is 0. The van der Waals surface area contributed by atoms with E-state index in [2.05, 4.69) is 33.8 Å². The summed E-state index contributed by atoms with van der Waals surface area (Å²) in [5.41, 5.74) is 8.14. The van der Waals surface area contributed by atoms with E-state index in [9.17, 15) is 0 Å². The molecule has 1 saturated heterocycles. The third kappa shape index (κ3) is 3.22. The van der Waals surface area contributed by atoms with Gasteiger partial charge in [0.25, 0.3) is 0 Å². The topological polar surface area (TPSA) is 55.2 Å². The van der Waals surface area contributed by atoms with Crippen molar-refractivity contribution in [1.29, 1.82) is 0 Å². The maximum Gasteiger partial charge on any atom is 0.0385 e. The molecule has 5 nitrogen and oxygen atoms in total. The fourth-order valence-electron chi connectivity index (χ4n) is 1.73. The number of likely N-dealkylation sites (N-methyl/N-ethyl adjacent to an activating group) is 1. The summed E-state index contributed by atoms with van der Waals surface area (Å²) in [7, 11) is 2.14. The zero-order valence-electron chi connectivity index (χ0n) is 8.35. The van der Waals surface area contributed by atoms with Crippen molar-refractivity contribution in [2.45, 2.75) is 13.0 Å². The normalized spacial score (nSPS) is 25.5. The van der Waals surface area contributed by atoms with Crippen molar-refractivity contribution in [3.63, 3.8) is 0 Å². The minimum atomic E-state index is 0.577. The van der Waals surface area contributed by atoms with E-state index >= 15 is 0 Å². The molecule has 1 unspecified atom stereocenters. The number of hydrogen-bond acceptors (Lipinski definition) is 3. The highest BCUT2D eigenvalue weighted by Gasteiger charge is 2.20. The van der Waals surface area contributed by atoms with Crippen molar-refractivity contribution in [3.05, 3.63) is 10.4 Å². The summed E-state index contributed by atoms with van der Waals surface area (Å²) in [5, 5.41) is 3.54. The molecule has 0 aliphatic carbocycles. The Balaban J connectivity index is 2.29. The quantitative estimate of drug-likeness (QED) is 0.371. The minimum Gasteiger partial charge on any atom is -0.304 e. The molecule has 74 valence electrons. The van der Waals surface area contributed by atoms with Crippen LogP contribution in [0.5, 0.6) is 0 Å². The van der Waals surface area contributed by atoms with Crippen molar-refractivity contribution < 1.29 is 0 Å². The SMILES string of the molecule is CC1CN(C)CCN1CCN=[N+]=[N-]. The molecule has 0 spiro atoms. The maximum absolute atomic E-state index is 8.14. The van der Waals surface area contributed by atoms with E-state index in [1.165, 1.54) is 0 Å². The van der Waals surface area contributed by atoms with E-state index in [-0.39, 0.29) is 0 Å². The van der Waals surface area contributed by atoms with Crippen LogP contribution >= 0.6 is 0 Å². The molecule has 1 atom stereocenters. The van der Waals surface area contributed by atoms with Crippen molar-refractivity contribution in [1.82, 2.24) is 9.80 Å². The summed E-state index contributed by atoms with van der Waals surface area (Å²) < 4.78 is 0. The van der Waals surface area contributed by atoms with E-state index in [1.807, 2.05) is 0 Å². The number of hydrogen-bond donors (Lipinski definition) is 0. The zero-order chi connectivity index (χ0) is 9.68. The Morgan fingerprint density at radius 2 is 2.31 bits per heavy atom. The van der Waals surface area contributed by atoms with Gasteiger partial charge in [0.15, 0.2) is 0 Å². The number of rotatable bonds is 3. The number of azide groups is 1. The van der Waals surface area contributed by atoms with Gasteiger partial charge in [-0.15, -0.1) is 0 Å². The summed E-state index contributed by atoms with van der Waals surface area (Å²) >= 11 is 0. The number of nitrogens with zero attached hydrogens (tertiary/aromatic N) is 5. The van der Waals surface area contributed by atoms with Crippen LogP contribution < -0.4 is 0 Å². The molecular weight excluding hydrogens is 166 g/mol. The molecule has 0 aromatic heterocycles. The molecule has 1 aliphatic rings. The summed E-state index contributed by atoms with van der Waals surface area (Å²) in [6.45, 7) is 6.99. The van der Waals surface area contributed by atoms with Crippen LogP contribution in [0.15, 0.2) is 5.11 Å². The average molecular weight is 183 g/mol. The first-order valence-electron chi connectivity index (χ1n) is 4.67. The second kappa shape index (κ2) is 5.07. The largest absolute Gasteiger partial charge is 0.304 e. The highest BCUT2D eigenvalue weighted by atomic mass is 15.3. The molecule has 1 fully saturated rings. The van der Waals surface area contributed by atoms with Crippen LogP contribution in [0.4, 0.5) is 0 Å². The second-order valence-electron chi connectivity index (χ2n) is 3.60. The van der Waals surface area contributed by atoms with Crippen LogP contribution in [0.2, 0.25) is 0 Å². The molecule has 1 heterocycles. The fourth-order valence-corrected chi connectivity index (χ4v) is 1.73. The van der Waals surface area contributed by atoms with Crippen molar-refractivity contribution >= 4 is 0 Å². The Kier molecular flexibility index (Phi) is 4.02. The monoisotopic (exact) mass is 183 g/mol. The second-order valence-corrected chi connectivity index (χ2v) is 3.60. The van der Waals surface area contributed by atoms with Gasteiger partial charge in [-0.1, -0.05) is 5.11 Å². The Bertz CT molecular complexity index is 199. The highest BCUT2D eigenvalue weighted by molar-refractivity contribution is 4.77. The van der Waals surface area contributed by atoms with Gasteiger partial charge in [0.1, 0.15) is 0 Å². The van der Waals surface area contributed by atoms with Gasteiger partial charge in [-0.3, -0.25) is 4.90 Å². The number of piperazine rings is 1. The molecule has 5 heteroatoms. The van der Waals surface area contributed by atoms with Gasteiger partial charge < -0.3 is 4.90 Å². The fraction of sp³-hybridized carbons (Fsp3) is 1.00. The van der Waals surface area contributed by atoms with Gasteiger partial charge in [-0.2, -0.15) is 0 Å². The van der Waals surface area contributed by atoms with Crippen LogP contribution in [0, 0.1) is 0 Å². The molecule has 1 rings (SSSR count). The standard InChI is InChI=1S/C8H17N5/c1-8-7-12(2)5-6-13(8)4-3-10-11-9/h8H,3-7H2,1-2H3. The Morgan fingerprint density at radius 1 is 1.54 bits per heavy atom. The predicted octanol–water partition coefficient (Wildman–Crippen LogP) is 0.933. The van der Waals surface area contributed by atoms with E-state index in [0.717, 1.165) is 26.2 Å². The Morgan fingerprint density at radius 3 is 2.92 bits per heavy atom. The van der Waals surface area contributed by atoms with Crippen LogP contribution in [0.25, 0.3) is 10.4 Å². The molecule has 1 aliphatic heterocycles. The first-order valence-corrected chi connectivity index (χ1v) is 4.67. The smallest absolute Gasteiger partial charge is 0.0385 e. The molecule has 0 saturated carbocycles. The Labute approximate surface area is 78.9 Å². The summed E-state index contributed by atoms with van der Waals surface area (Å²) in [5.74, 6) is 0. The first-order chi connectivity index (χ1) is 6.24. The lowest BCUT2D eigenvalue weighted by Crippen LogP contribution is -2.50. The van der Waals surface area contributed by atoms with Crippen LogP contribution in [0.3, 0.4) is 0 Å². The van der Waals surface area contributed by atoms with E-state index in [4.69, 9.17) is 5.53 Å². The first kappa shape index (κ1) is 10.3. The summed E-state index contributed by atoms with van der Waals surface area (Å²) in [4.78, 5) is 7.45. The van der Waals surface area contributed by atoms with Crippen LogP contribution in [-0.2, 0) is 0 Å². The highest BCUT2D eigenvalue weighted by Crippen LogP contribution is 2.06. The Hall–Kier alpha value is -0.770. The molecule has 0 aromatic rings. The zero-order valence-corrected chi connectivity index (χ0v) is 8.35. The third-order valence-electron chi connectivity index (χ3n) is 2.52. The van der Waals surface area contributed by atoms with Gasteiger partial charge in [0.2, 0.25) is 0 Å². The third-order valence-corrected chi connectivity index (χ3v) is 2.52. The lowest BCUT2D eigenvalue weighted by molar-refractivity contribution is 0.103. The van der Waals surface area contributed by atoms with Crippen LogP contribution in [0.1, 0.15) is 6.92 Å². The summed E-state index contributed by atoms with van der Waals surface area (Å²) in [6, 6.07) is 0.577. The van der Waals surface area contributed by atoms with Gasteiger partial charge in [-0.05, 0) is 19.5 Å². The van der Waals surface area contributed by atoms with Crippen molar-refractivity contribution in [2.75, 3.05) is 39.8 Å². The molecule has 0 radical (unpaired) electrons. The predicted molar refractivity (Wildman–Crippen MR) is 52.5 cm³/mol. The minimum absolute atomic E-state index is 0.577. The van der Waals surface area contributed by atoms with Gasteiger partial charge in [0, 0.05) is 43.7 Å². The molecule has 0 aromatic carbocycles. The average Bonchev–Trinajstić information content (AvgIpc) is 2.09. The van der Waals surface area contributed by atoms with Gasteiger partial charge >= 0.3 is 0 Å². The lowest BCUT2D eigenvalue weighted by Gasteiger charge is -2.37. The molecule has 0 N–H and O–H groups in total. The molecule has 13 heavy (non-hydrogen) atoms. The van der Waals surface area contributed by atoms with Crippen LogP contribution in [-0.4, -0.2) is 55.6 Å². The lowest BCUT2D eigenvalue weighted by atomic mass is 10.2. The van der Waals surface area contributed by atoms with E-state index in [1.54, 1.807) is 0 Å². The molecular formula is C8H17N5. The van der Waals surface area contributed by atoms with E-state index < -0.39 is 0 Å². The maximum atomic E-state index is 8.14. The van der Waals surface area contributed by atoms with Crippen molar-refractivity contribution in [3.8, 4) is 0 Å². The molecule has 0 amide bonds. The van der Waals surface area contributed by atoms with Gasteiger partial charge in [-0.25, -0.2) is 0 Å². The van der Waals surface area contributed by atoms with E-state index in [0.29, 0.717) is 12.6 Å². The molecule has 0 bridgehead atoms. The van der Waals surface area contributed by atoms with Crippen molar-refractivity contribution in [2.24, 2.45) is 5.11 Å².